The van der Waals surface area contributed by atoms with Crippen LogP contribution < -0.4 is 5.32 Å². The monoisotopic (exact) mass is 274 g/mol. The van der Waals surface area contributed by atoms with E-state index in [-0.39, 0.29) is 42.0 Å². The fourth-order valence-electron chi connectivity index (χ4n) is 2.03. The van der Waals surface area contributed by atoms with Gasteiger partial charge in [-0.1, -0.05) is 0 Å². The Balaban J connectivity index is 2.15. The second kappa shape index (κ2) is 5.61. The smallest absolute Gasteiger partial charge is 0.254 e. The van der Waals surface area contributed by atoms with E-state index in [0.29, 0.717) is 0 Å². The molecule has 0 heterocycles. The van der Waals surface area contributed by atoms with Gasteiger partial charge in [0.2, 0.25) is 0 Å². The topological polar surface area (TPSA) is 87.0 Å². The summed E-state index contributed by atoms with van der Waals surface area (Å²) in [5, 5.41) is 11.1. The standard InChI is InChI=1S/C14H11FN2O3/c15-11-3-1-8(7-16)5-10(11)14(20)17-12-4-2-9(18)6-13(12)19/h1,3,5,12H,2,4,6H2,(H,17,20). The summed E-state index contributed by atoms with van der Waals surface area (Å²) < 4.78 is 13.6. The van der Waals surface area contributed by atoms with Crippen molar-refractivity contribution in [3.8, 4) is 6.07 Å². The molecule has 6 heteroatoms. The van der Waals surface area contributed by atoms with Crippen molar-refractivity contribution in [3.05, 3.63) is 35.1 Å². The highest BCUT2D eigenvalue weighted by Gasteiger charge is 2.29. The van der Waals surface area contributed by atoms with Crippen molar-refractivity contribution in [3.63, 3.8) is 0 Å². The fraction of sp³-hybridized carbons (Fsp3) is 0.286. The largest absolute Gasteiger partial charge is 0.342 e. The normalized spacial score (nSPS) is 18.5. The molecule has 1 saturated carbocycles. The molecule has 0 radical (unpaired) electrons. The molecule has 1 aromatic rings. The molecule has 1 N–H and O–H groups in total. The Bertz CT molecular complexity index is 634. The molecule has 102 valence electrons. The molecular formula is C14H11FN2O3. The summed E-state index contributed by atoms with van der Waals surface area (Å²) in [4.78, 5) is 34.6. The lowest BCUT2D eigenvalue weighted by Crippen LogP contribution is -2.44. The summed E-state index contributed by atoms with van der Waals surface area (Å²) in [5.41, 5.74) is -0.129. The Morgan fingerprint density at radius 3 is 2.80 bits per heavy atom. The van der Waals surface area contributed by atoms with Gasteiger partial charge in [0.05, 0.1) is 29.7 Å². The lowest BCUT2D eigenvalue weighted by Gasteiger charge is -2.21. The third-order valence-corrected chi connectivity index (χ3v) is 3.12. The van der Waals surface area contributed by atoms with Gasteiger partial charge in [-0.2, -0.15) is 5.26 Å². The number of nitrogens with one attached hydrogen (secondary N) is 1. The molecular weight excluding hydrogens is 263 g/mol. The molecule has 0 aromatic heterocycles. The Kier molecular flexibility index (Phi) is 3.89. The molecule has 0 spiro atoms. The lowest BCUT2D eigenvalue weighted by molar-refractivity contribution is -0.131. The summed E-state index contributed by atoms with van der Waals surface area (Å²) in [6, 6.07) is 4.45. The third-order valence-electron chi connectivity index (χ3n) is 3.12. The molecule has 1 amide bonds. The molecule has 1 fully saturated rings. The van der Waals surface area contributed by atoms with Gasteiger partial charge >= 0.3 is 0 Å². The second-order valence-electron chi connectivity index (χ2n) is 4.55. The van der Waals surface area contributed by atoms with Crippen molar-refractivity contribution >= 4 is 17.5 Å². The van der Waals surface area contributed by atoms with E-state index >= 15 is 0 Å². The minimum Gasteiger partial charge on any atom is -0.342 e. The predicted molar refractivity (Wildman–Crippen MR) is 66.2 cm³/mol. The number of rotatable bonds is 2. The van der Waals surface area contributed by atoms with Crippen LogP contribution in [0.1, 0.15) is 35.2 Å². The van der Waals surface area contributed by atoms with E-state index in [1.165, 1.54) is 6.07 Å². The average Bonchev–Trinajstić information content (AvgIpc) is 2.42. The van der Waals surface area contributed by atoms with Gasteiger partial charge < -0.3 is 5.32 Å². The Morgan fingerprint density at radius 2 is 2.15 bits per heavy atom. The number of amides is 1. The summed E-state index contributed by atoms with van der Waals surface area (Å²) >= 11 is 0. The summed E-state index contributed by atoms with van der Waals surface area (Å²) in [6.07, 6.45) is 0.242. The van der Waals surface area contributed by atoms with Crippen LogP contribution in [0.25, 0.3) is 0 Å². The SMILES string of the molecule is N#Cc1ccc(F)c(C(=O)NC2CCC(=O)CC2=O)c1. The van der Waals surface area contributed by atoms with Crippen molar-refractivity contribution in [2.24, 2.45) is 0 Å². The van der Waals surface area contributed by atoms with Crippen LogP contribution in [0.4, 0.5) is 4.39 Å². The predicted octanol–water partition coefficient (Wildman–Crippen LogP) is 1.12. The van der Waals surface area contributed by atoms with Gasteiger partial charge in [-0.25, -0.2) is 4.39 Å². The average molecular weight is 274 g/mol. The van der Waals surface area contributed by atoms with Gasteiger partial charge in [-0.05, 0) is 24.6 Å². The molecule has 1 aliphatic carbocycles. The summed E-state index contributed by atoms with van der Waals surface area (Å²) in [6.45, 7) is 0. The second-order valence-corrected chi connectivity index (χ2v) is 4.55. The van der Waals surface area contributed by atoms with Gasteiger partial charge in [0.15, 0.2) is 5.78 Å². The molecule has 1 atom stereocenters. The van der Waals surface area contributed by atoms with Gasteiger partial charge in [-0.3, -0.25) is 14.4 Å². The molecule has 0 saturated heterocycles. The number of nitriles is 1. The van der Waals surface area contributed by atoms with Crippen molar-refractivity contribution in [2.75, 3.05) is 0 Å². The van der Waals surface area contributed by atoms with E-state index in [9.17, 15) is 18.8 Å². The van der Waals surface area contributed by atoms with E-state index in [4.69, 9.17) is 5.26 Å². The first kappa shape index (κ1) is 13.9. The van der Waals surface area contributed by atoms with Crippen LogP contribution in [-0.4, -0.2) is 23.5 Å². The van der Waals surface area contributed by atoms with Crippen LogP contribution in [0.5, 0.6) is 0 Å². The highest BCUT2D eigenvalue weighted by Crippen LogP contribution is 2.14. The number of hydrogen-bond donors (Lipinski definition) is 1. The third kappa shape index (κ3) is 2.88. The maximum Gasteiger partial charge on any atom is 0.254 e. The number of nitrogens with zero attached hydrogens (tertiary/aromatic N) is 1. The summed E-state index contributed by atoms with van der Waals surface area (Å²) in [7, 11) is 0. The van der Waals surface area contributed by atoms with Crippen LogP contribution in [0.15, 0.2) is 18.2 Å². The first-order valence-electron chi connectivity index (χ1n) is 6.06. The van der Waals surface area contributed by atoms with Crippen molar-refractivity contribution in [1.82, 2.24) is 5.32 Å². The van der Waals surface area contributed by atoms with Gasteiger partial charge in [-0.15, -0.1) is 0 Å². The van der Waals surface area contributed by atoms with Gasteiger partial charge in [0.25, 0.3) is 5.91 Å². The first-order valence-corrected chi connectivity index (χ1v) is 6.06. The number of carbonyl (C=O) groups is 3. The van der Waals surface area contributed by atoms with E-state index in [2.05, 4.69) is 5.32 Å². The highest BCUT2D eigenvalue weighted by molar-refractivity contribution is 6.06. The van der Waals surface area contributed by atoms with Crippen molar-refractivity contribution in [2.45, 2.75) is 25.3 Å². The fourth-order valence-corrected chi connectivity index (χ4v) is 2.03. The van der Waals surface area contributed by atoms with Crippen molar-refractivity contribution < 1.29 is 18.8 Å². The molecule has 2 rings (SSSR count). The van der Waals surface area contributed by atoms with Crippen LogP contribution in [0, 0.1) is 17.1 Å². The molecule has 5 nitrogen and oxygen atoms in total. The molecule has 1 aliphatic rings. The lowest BCUT2D eigenvalue weighted by atomic mass is 9.93. The number of carbonyl (C=O) groups excluding carboxylic acids is 3. The number of ketones is 2. The van der Waals surface area contributed by atoms with E-state index in [0.717, 1.165) is 12.1 Å². The maximum absolute atomic E-state index is 13.6. The Morgan fingerprint density at radius 1 is 1.40 bits per heavy atom. The highest BCUT2D eigenvalue weighted by atomic mass is 19.1. The Labute approximate surface area is 114 Å². The minimum absolute atomic E-state index is 0.154. The van der Waals surface area contributed by atoms with Crippen LogP contribution in [0.2, 0.25) is 0 Å². The van der Waals surface area contributed by atoms with Crippen LogP contribution >= 0.6 is 0 Å². The maximum atomic E-state index is 13.6. The van der Waals surface area contributed by atoms with E-state index in [1.54, 1.807) is 0 Å². The molecule has 20 heavy (non-hydrogen) atoms. The zero-order valence-electron chi connectivity index (χ0n) is 10.5. The number of hydrogen-bond acceptors (Lipinski definition) is 4. The van der Waals surface area contributed by atoms with E-state index < -0.39 is 17.8 Å². The van der Waals surface area contributed by atoms with E-state index in [1.807, 2.05) is 6.07 Å². The van der Waals surface area contributed by atoms with Gasteiger partial charge in [0.1, 0.15) is 11.6 Å². The molecule has 0 aliphatic heterocycles. The van der Waals surface area contributed by atoms with Crippen molar-refractivity contribution in [1.29, 1.82) is 5.26 Å². The Hall–Kier alpha value is -2.55. The van der Waals surface area contributed by atoms with Gasteiger partial charge in [0, 0.05) is 6.42 Å². The van der Waals surface area contributed by atoms with Crippen LogP contribution in [-0.2, 0) is 9.59 Å². The summed E-state index contributed by atoms with van der Waals surface area (Å²) in [5.74, 6) is -2.04. The quantitative estimate of drug-likeness (QED) is 0.818. The van der Waals surface area contributed by atoms with Crippen LogP contribution in [0.3, 0.4) is 0 Å². The molecule has 0 bridgehead atoms. The molecule has 1 aromatic carbocycles. The number of benzene rings is 1. The zero-order chi connectivity index (χ0) is 14.7. The minimum atomic E-state index is -0.773. The number of halogens is 1. The first-order chi connectivity index (χ1) is 9.51. The number of Topliss-reactive ketones (excluding diaryl/α,β-unsaturated/α-hetero) is 2. The molecule has 1 unspecified atom stereocenters. The zero-order valence-corrected chi connectivity index (χ0v) is 10.5.